The van der Waals surface area contributed by atoms with Crippen molar-refractivity contribution < 1.29 is 28.5 Å². The zero-order valence-corrected chi connectivity index (χ0v) is 14.4. The molecule has 0 amide bonds. The molecule has 5 rings (SSSR count). The number of carboxylic acids is 1. The van der Waals surface area contributed by atoms with Gasteiger partial charge in [-0.2, -0.15) is 0 Å². The summed E-state index contributed by atoms with van der Waals surface area (Å²) in [4.78, 5) is 27.7. The summed E-state index contributed by atoms with van der Waals surface area (Å²) in [5.74, 6) is -0.101. The normalized spacial score (nSPS) is 23.1. The molecular weight excluding hydrogens is 354 g/mol. The summed E-state index contributed by atoms with van der Waals surface area (Å²) in [6, 6.07) is 1.78. The standard InChI is InChI=1S/C19H15NO7/c1-24-11-6-12-16(9-4-5-25-19(9)26-12)17-15(11)8-2-3-10(20-7-13(21)22)14(8)18(23)27-17/h4-6,9,19H,2-3,7H2,1H3,(H,21,22)/t9-,19+/m0/s1. The van der Waals surface area contributed by atoms with Gasteiger partial charge in [-0.25, -0.2) is 4.79 Å². The molecule has 0 saturated carbocycles. The van der Waals surface area contributed by atoms with Gasteiger partial charge in [0.05, 0.1) is 41.5 Å². The maximum atomic E-state index is 12.7. The second-order valence-corrected chi connectivity index (χ2v) is 6.57. The van der Waals surface area contributed by atoms with Crippen LogP contribution in [0, 0.1) is 0 Å². The van der Waals surface area contributed by atoms with Gasteiger partial charge < -0.3 is 23.7 Å². The second-order valence-electron chi connectivity index (χ2n) is 6.57. The van der Waals surface area contributed by atoms with Crippen LogP contribution in [0.5, 0.6) is 11.5 Å². The first kappa shape index (κ1) is 15.9. The number of benzene rings is 1. The fraction of sp³-hybridized carbons (Fsp3) is 0.316. The predicted octanol–water partition coefficient (Wildman–Crippen LogP) is 1.97. The monoisotopic (exact) mass is 369 g/mol. The van der Waals surface area contributed by atoms with Gasteiger partial charge in [0.15, 0.2) is 0 Å². The Morgan fingerprint density at radius 3 is 3.04 bits per heavy atom. The fourth-order valence-electron chi connectivity index (χ4n) is 4.06. The molecule has 3 aliphatic rings. The molecule has 1 aromatic carbocycles. The van der Waals surface area contributed by atoms with Crippen LogP contribution in [0.25, 0.3) is 11.0 Å². The van der Waals surface area contributed by atoms with Gasteiger partial charge >= 0.3 is 11.6 Å². The van der Waals surface area contributed by atoms with Crippen LogP contribution in [0.4, 0.5) is 0 Å². The first-order chi connectivity index (χ1) is 13.1. The highest BCUT2D eigenvalue weighted by Gasteiger charge is 2.41. The van der Waals surface area contributed by atoms with Crippen LogP contribution in [0.3, 0.4) is 0 Å². The maximum Gasteiger partial charge on any atom is 0.345 e. The van der Waals surface area contributed by atoms with Crippen LogP contribution in [0.1, 0.15) is 29.0 Å². The fourth-order valence-corrected chi connectivity index (χ4v) is 4.06. The largest absolute Gasteiger partial charge is 0.496 e. The van der Waals surface area contributed by atoms with Crippen molar-refractivity contribution in [2.45, 2.75) is 25.0 Å². The van der Waals surface area contributed by atoms with Crippen LogP contribution >= 0.6 is 0 Å². The van der Waals surface area contributed by atoms with E-state index in [0.29, 0.717) is 46.6 Å². The van der Waals surface area contributed by atoms with Crippen LogP contribution in [-0.2, 0) is 16.0 Å². The number of hydrogen-bond acceptors (Lipinski definition) is 7. The highest BCUT2D eigenvalue weighted by molar-refractivity contribution is 6.09. The first-order valence-electron chi connectivity index (χ1n) is 8.53. The predicted molar refractivity (Wildman–Crippen MR) is 93.8 cm³/mol. The summed E-state index contributed by atoms with van der Waals surface area (Å²) in [6.45, 7) is -0.382. The lowest BCUT2D eigenvalue weighted by Gasteiger charge is -2.12. The summed E-state index contributed by atoms with van der Waals surface area (Å²) in [6.07, 6.45) is 4.03. The van der Waals surface area contributed by atoms with Crippen molar-refractivity contribution in [3.8, 4) is 11.5 Å². The van der Waals surface area contributed by atoms with Crippen LogP contribution in [0.15, 0.2) is 32.6 Å². The minimum absolute atomic E-state index is 0.156. The molecule has 8 nitrogen and oxygen atoms in total. The molecule has 0 saturated heterocycles. The molecule has 0 fully saturated rings. The highest BCUT2D eigenvalue weighted by atomic mass is 16.7. The van der Waals surface area contributed by atoms with Crippen molar-refractivity contribution in [1.82, 2.24) is 0 Å². The Hall–Kier alpha value is -3.29. The van der Waals surface area contributed by atoms with E-state index in [2.05, 4.69) is 4.99 Å². The minimum atomic E-state index is -1.05. The third-order valence-electron chi connectivity index (χ3n) is 5.14. The molecule has 0 spiro atoms. The van der Waals surface area contributed by atoms with E-state index in [1.807, 2.05) is 6.08 Å². The minimum Gasteiger partial charge on any atom is -0.496 e. The smallest absolute Gasteiger partial charge is 0.345 e. The number of nitrogens with zero attached hydrogens (tertiary/aromatic N) is 1. The number of methoxy groups -OCH3 is 1. The third kappa shape index (κ3) is 2.19. The number of carboxylic acid groups (broad SMARTS) is 1. The lowest BCUT2D eigenvalue weighted by molar-refractivity contribution is -0.135. The molecular formula is C19H15NO7. The van der Waals surface area contributed by atoms with Gasteiger partial charge in [0.25, 0.3) is 6.29 Å². The van der Waals surface area contributed by atoms with Crippen molar-refractivity contribution in [1.29, 1.82) is 0 Å². The number of aliphatic imine (C=N–C) groups is 1. The Bertz CT molecular complexity index is 1110. The van der Waals surface area contributed by atoms with Crippen LogP contribution in [0.2, 0.25) is 0 Å². The number of aryl methyl sites for hydroxylation is 1. The van der Waals surface area contributed by atoms with E-state index in [0.717, 1.165) is 11.1 Å². The van der Waals surface area contributed by atoms with Gasteiger partial charge in [0.2, 0.25) is 0 Å². The Kier molecular flexibility index (Phi) is 3.30. The summed E-state index contributed by atoms with van der Waals surface area (Å²) < 4.78 is 22.5. The van der Waals surface area contributed by atoms with Crippen molar-refractivity contribution in [2.24, 2.45) is 4.99 Å². The van der Waals surface area contributed by atoms with Gasteiger partial charge in [-0.05, 0) is 24.5 Å². The lowest BCUT2D eigenvalue weighted by atomic mass is 9.95. The average Bonchev–Trinajstić information content (AvgIpc) is 3.32. The van der Waals surface area contributed by atoms with Gasteiger partial charge in [0, 0.05) is 6.07 Å². The molecule has 0 radical (unpaired) electrons. The third-order valence-corrected chi connectivity index (χ3v) is 5.14. The number of aliphatic carboxylic acids is 1. The first-order valence-corrected chi connectivity index (χ1v) is 8.53. The van der Waals surface area contributed by atoms with E-state index < -0.39 is 17.9 Å². The Labute approximate surface area is 152 Å². The second kappa shape index (κ2) is 5.60. The number of fused-ring (bicyclic) bond motifs is 7. The van der Waals surface area contributed by atoms with Crippen molar-refractivity contribution in [3.05, 3.63) is 45.5 Å². The van der Waals surface area contributed by atoms with Gasteiger partial charge in [-0.15, -0.1) is 0 Å². The molecule has 1 aromatic heterocycles. The van der Waals surface area contributed by atoms with E-state index in [4.69, 9.17) is 23.7 Å². The SMILES string of the molecule is COc1cc2c(c3oc(=O)c4c(c13)CCC4=NCC(=O)O)[C@@H]1C=CO[C@@H]1O2. The average molecular weight is 369 g/mol. The maximum absolute atomic E-state index is 12.7. The Morgan fingerprint density at radius 2 is 2.26 bits per heavy atom. The number of ether oxygens (including phenoxy) is 3. The van der Waals surface area contributed by atoms with E-state index in [-0.39, 0.29) is 12.5 Å². The molecule has 8 heteroatoms. The zero-order chi connectivity index (χ0) is 18.7. The molecule has 1 aliphatic carbocycles. The summed E-state index contributed by atoms with van der Waals surface area (Å²) in [5, 5.41) is 9.58. The molecule has 27 heavy (non-hydrogen) atoms. The molecule has 2 aliphatic heterocycles. The van der Waals surface area contributed by atoms with Gasteiger partial charge in [-0.3, -0.25) is 9.79 Å². The zero-order valence-electron chi connectivity index (χ0n) is 14.4. The summed E-state index contributed by atoms with van der Waals surface area (Å²) in [7, 11) is 1.54. The summed E-state index contributed by atoms with van der Waals surface area (Å²) >= 11 is 0. The molecule has 0 bridgehead atoms. The van der Waals surface area contributed by atoms with E-state index in [1.165, 1.54) is 0 Å². The molecule has 1 N–H and O–H groups in total. The highest BCUT2D eigenvalue weighted by Crippen LogP contribution is 2.50. The molecule has 2 atom stereocenters. The molecule has 2 aromatic rings. The number of hydrogen-bond donors (Lipinski definition) is 1. The topological polar surface area (TPSA) is 108 Å². The Balaban J connectivity index is 1.80. The Morgan fingerprint density at radius 1 is 1.41 bits per heavy atom. The van der Waals surface area contributed by atoms with E-state index >= 15 is 0 Å². The number of carbonyl (C=O) groups is 1. The number of rotatable bonds is 3. The lowest BCUT2D eigenvalue weighted by Crippen LogP contribution is -2.15. The van der Waals surface area contributed by atoms with Crippen molar-refractivity contribution in [3.63, 3.8) is 0 Å². The quantitative estimate of drug-likeness (QED) is 0.824. The van der Waals surface area contributed by atoms with E-state index in [9.17, 15) is 9.59 Å². The van der Waals surface area contributed by atoms with Gasteiger partial charge in [0.1, 0.15) is 23.6 Å². The van der Waals surface area contributed by atoms with Crippen LogP contribution in [-0.4, -0.2) is 36.7 Å². The van der Waals surface area contributed by atoms with Crippen molar-refractivity contribution >= 4 is 22.7 Å². The van der Waals surface area contributed by atoms with Crippen LogP contribution < -0.4 is 15.1 Å². The van der Waals surface area contributed by atoms with Crippen molar-refractivity contribution in [2.75, 3.05) is 13.7 Å². The molecule has 3 heterocycles. The summed E-state index contributed by atoms with van der Waals surface area (Å²) in [5.41, 5.74) is 2.24. The molecule has 138 valence electrons. The van der Waals surface area contributed by atoms with Gasteiger partial charge in [-0.1, -0.05) is 0 Å². The van der Waals surface area contributed by atoms with E-state index in [1.54, 1.807) is 19.4 Å². The molecule has 0 unspecified atom stereocenters.